The second kappa shape index (κ2) is 5.41. The second-order valence-corrected chi connectivity index (χ2v) is 4.44. The van der Waals surface area contributed by atoms with E-state index in [1.807, 2.05) is 24.3 Å². The predicted octanol–water partition coefficient (Wildman–Crippen LogP) is 1.31. The molecule has 1 aliphatic heterocycles. The summed E-state index contributed by atoms with van der Waals surface area (Å²) in [5.41, 5.74) is 0. The molecule has 0 bridgehead atoms. The first-order valence-electron chi connectivity index (χ1n) is 5.95. The minimum atomic E-state index is -0.0973. The van der Waals surface area contributed by atoms with Crippen molar-refractivity contribution in [1.29, 1.82) is 0 Å². The van der Waals surface area contributed by atoms with E-state index in [1.54, 1.807) is 7.11 Å². The van der Waals surface area contributed by atoms with E-state index in [0.717, 1.165) is 25.9 Å². The zero-order chi connectivity index (χ0) is 11.4. The van der Waals surface area contributed by atoms with Gasteiger partial charge in [0.05, 0.1) is 12.0 Å². The van der Waals surface area contributed by atoms with E-state index >= 15 is 0 Å². The number of carbonyl (C=O) groups excluding carboxylic acids is 1. The van der Waals surface area contributed by atoms with Gasteiger partial charge in [-0.2, -0.15) is 0 Å². The van der Waals surface area contributed by atoms with E-state index in [1.165, 1.54) is 0 Å². The first kappa shape index (κ1) is 11.6. The van der Waals surface area contributed by atoms with Crippen LogP contribution in [0.25, 0.3) is 0 Å². The minimum Gasteiger partial charge on any atom is -0.376 e. The Morgan fingerprint density at radius 3 is 2.88 bits per heavy atom. The van der Waals surface area contributed by atoms with Crippen molar-refractivity contribution in [3.63, 3.8) is 0 Å². The zero-order valence-corrected chi connectivity index (χ0v) is 9.69. The molecule has 3 atom stereocenters. The Balaban J connectivity index is 2.02. The number of ketones is 1. The molecule has 16 heavy (non-hydrogen) atoms. The highest BCUT2D eigenvalue weighted by Gasteiger charge is 2.31. The van der Waals surface area contributed by atoms with Crippen LogP contribution in [0.5, 0.6) is 0 Å². The summed E-state index contributed by atoms with van der Waals surface area (Å²) >= 11 is 0. The average molecular weight is 221 g/mol. The third-order valence-corrected chi connectivity index (χ3v) is 3.38. The molecule has 1 aliphatic carbocycles. The van der Waals surface area contributed by atoms with Gasteiger partial charge in [-0.1, -0.05) is 24.3 Å². The van der Waals surface area contributed by atoms with E-state index in [9.17, 15) is 4.79 Å². The summed E-state index contributed by atoms with van der Waals surface area (Å²) < 4.78 is 5.34. The Hall–Kier alpha value is -0.930. The van der Waals surface area contributed by atoms with Crippen LogP contribution >= 0.6 is 0 Å². The molecule has 1 fully saturated rings. The number of carbonyl (C=O) groups is 1. The van der Waals surface area contributed by atoms with E-state index < -0.39 is 0 Å². The van der Waals surface area contributed by atoms with Crippen molar-refractivity contribution in [3.05, 3.63) is 24.3 Å². The van der Waals surface area contributed by atoms with Crippen molar-refractivity contribution >= 4 is 5.78 Å². The van der Waals surface area contributed by atoms with E-state index in [0.29, 0.717) is 5.78 Å². The molecule has 0 radical (unpaired) electrons. The number of methoxy groups -OCH3 is 1. The van der Waals surface area contributed by atoms with Crippen LogP contribution < -0.4 is 5.32 Å². The predicted molar refractivity (Wildman–Crippen MR) is 63.2 cm³/mol. The number of Topliss-reactive ketones (excluding diaryl/α,β-unsaturated/α-hetero) is 1. The summed E-state index contributed by atoms with van der Waals surface area (Å²) in [6.07, 6.45) is 9.82. The monoisotopic (exact) mass is 221 g/mol. The Morgan fingerprint density at radius 2 is 2.19 bits per heavy atom. The second-order valence-electron chi connectivity index (χ2n) is 4.44. The molecule has 3 unspecified atom stereocenters. The lowest BCUT2D eigenvalue weighted by atomic mass is 9.83. The van der Waals surface area contributed by atoms with Gasteiger partial charge in [0, 0.05) is 19.6 Å². The molecule has 1 N–H and O–H groups in total. The van der Waals surface area contributed by atoms with Gasteiger partial charge in [-0.15, -0.1) is 0 Å². The molecule has 0 saturated carbocycles. The van der Waals surface area contributed by atoms with Crippen LogP contribution in [0.2, 0.25) is 0 Å². The lowest BCUT2D eigenvalue weighted by Crippen LogP contribution is -2.40. The number of hydrogen-bond acceptors (Lipinski definition) is 3. The Labute approximate surface area is 96.6 Å². The number of nitrogens with one attached hydrogen (secondary N) is 1. The van der Waals surface area contributed by atoms with E-state index in [-0.39, 0.29) is 17.9 Å². The molecule has 0 aromatic rings. The summed E-state index contributed by atoms with van der Waals surface area (Å²) in [5, 5.41) is 3.28. The molecular weight excluding hydrogens is 202 g/mol. The van der Waals surface area contributed by atoms with Crippen LogP contribution in [0.4, 0.5) is 0 Å². The Bertz CT molecular complexity index is 303. The third kappa shape index (κ3) is 2.42. The molecule has 0 amide bonds. The minimum absolute atomic E-state index is 0.0839. The van der Waals surface area contributed by atoms with Gasteiger partial charge in [0.1, 0.15) is 5.78 Å². The topological polar surface area (TPSA) is 38.3 Å². The van der Waals surface area contributed by atoms with Gasteiger partial charge < -0.3 is 10.1 Å². The fraction of sp³-hybridized carbons (Fsp3) is 0.615. The third-order valence-electron chi connectivity index (χ3n) is 3.38. The van der Waals surface area contributed by atoms with Gasteiger partial charge in [0.15, 0.2) is 0 Å². The maximum Gasteiger partial charge on any atom is 0.147 e. The Morgan fingerprint density at radius 1 is 1.38 bits per heavy atom. The lowest BCUT2D eigenvalue weighted by Gasteiger charge is -2.28. The van der Waals surface area contributed by atoms with E-state index in [2.05, 4.69) is 5.32 Å². The van der Waals surface area contributed by atoms with Gasteiger partial charge in [-0.3, -0.25) is 4.79 Å². The number of hydrogen-bond donors (Lipinski definition) is 1. The first-order valence-corrected chi connectivity index (χ1v) is 5.95. The summed E-state index contributed by atoms with van der Waals surface area (Å²) in [6.45, 7) is 1.86. The molecule has 0 aromatic carbocycles. The smallest absolute Gasteiger partial charge is 0.147 e. The fourth-order valence-electron chi connectivity index (χ4n) is 2.44. The molecule has 0 aromatic heterocycles. The molecule has 0 spiro atoms. The molecule has 3 nitrogen and oxygen atoms in total. The van der Waals surface area contributed by atoms with Crippen LogP contribution in [0.3, 0.4) is 0 Å². The maximum atomic E-state index is 12.3. The lowest BCUT2D eigenvalue weighted by molar-refractivity contribution is -0.128. The van der Waals surface area contributed by atoms with Crippen molar-refractivity contribution in [2.45, 2.75) is 18.9 Å². The van der Waals surface area contributed by atoms with Crippen LogP contribution in [0, 0.1) is 11.8 Å². The molecule has 88 valence electrons. The van der Waals surface area contributed by atoms with Crippen molar-refractivity contribution in [2.75, 3.05) is 20.2 Å². The summed E-state index contributed by atoms with van der Waals surface area (Å²) in [5.74, 6) is 0.382. The molecule has 2 aliphatic rings. The van der Waals surface area contributed by atoms with Crippen molar-refractivity contribution in [3.8, 4) is 0 Å². The quantitative estimate of drug-likeness (QED) is 0.781. The maximum absolute atomic E-state index is 12.3. The summed E-state index contributed by atoms with van der Waals surface area (Å²) in [6, 6.07) is 0. The first-order chi connectivity index (χ1) is 7.83. The fourth-order valence-corrected chi connectivity index (χ4v) is 2.44. The van der Waals surface area contributed by atoms with Gasteiger partial charge in [-0.05, 0) is 19.4 Å². The molecule has 2 rings (SSSR count). The standard InChI is InChI=1S/C13H19NO2/c1-16-12-7-3-2-6-11(12)13(15)10-5-4-8-14-9-10/h2-3,6-7,10-12,14H,4-5,8-9H2,1H3. The van der Waals surface area contributed by atoms with E-state index in [4.69, 9.17) is 4.74 Å². The average Bonchev–Trinajstić information content (AvgIpc) is 2.39. The molecule has 3 heteroatoms. The van der Waals surface area contributed by atoms with Crippen LogP contribution in [-0.4, -0.2) is 32.1 Å². The van der Waals surface area contributed by atoms with Gasteiger partial charge >= 0.3 is 0 Å². The SMILES string of the molecule is COC1C=CC=CC1C(=O)C1CCCNC1. The normalized spacial score (nSPS) is 33.9. The van der Waals surface area contributed by atoms with Crippen molar-refractivity contribution < 1.29 is 9.53 Å². The van der Waals surface area contributed by atoms with Gasteiger partial charge in [0.2, 0.25) is 0 Å². The summed E-state index contributed by atoms with van der Waals surface area (Å²) in [4.78, 5) is 12.3. The van der Waals surface area contributed by atoms with Crippen molar-refractivity contribution in [2.24, 2.45) is 11.8 Å². The molecular formula is C13H19NO2. The highest BCUT2D eigenvalue weighted by Crippen LogP contribution is 2.23. The highest BCUT2D eigenvalue weighted by atomic mass is 16.5. The van der Waals surface area contributed by atoms with Gasteiger partial charge in [0.25, 0.3) is 0 Å². The number of allylic oxidation sites excluding steroid dienone is 2. The Kier molecular flexibility index (Phi) is 3.91. The number of ether oxygens (including phenoxy) is 1. The van der Waals surface area contributed by atoms with Crippen molar-refractivity contribution in [1.82, 2.24) is 5.32 Å². The molecule has 1 saturated heterocycles. The number of piperidine rings is 1. The highest BCUT2D eigenvalue weighted by molar-refractivity contribution is 5.86. The van der Waals surface area contributed by atoms with Gasteiger partial charge in [-0.25, -0.2) is 0 Å². The van der Waals surface area contributed by atoms with Crippen LogP contribution in [0.1, 0.15) is 12.8 Å². The number of rotatable bonds is 3. The van der Waals surface area contributed by atoms with Crippen LogP contribution in [-0.2, 0) is 9.53 Å². The molecule has 1 heterocycles. The largest absolute Gasteiger partial charge is 0.376 e. The van der Waals surface area contributed by atoms with Crippen LogP contribution in [0.15, 0.2) is 24.3 Å². The zero-order valence-electron chi connectivity index (χ0n) is 9.69. The summed E-state index contributed by atoms with van der Waals surface area (Å²) in [7, 11) is 1.66.